The highest BCUT2D eigenvalue weighted by Gasteiger charge is 2.24. The third kappa shape index (κ3) is 6.78. The van der Waals surface area contributed by atoms with Crippen LogP contribution in [0.1, 0.15) is 57.6 Å². The first kappa shape index (κ1) is 33.4. The van der Waals surface area contributed by atoms with Crippen LogP contribution in [0.5, 0.6) is 0 Å². The van der Waals surface area contributed by atoms with Gasteiger partial charge in [-0.05, 0) is 82.8 Å². The Balaban J connectivity index is 1.40. The summed E-state index contributed by atoms with van der Waals surface area (Å²) in [7, 11) is 0. The molecule has 250 valence electrons. The second-order valence-electron chi connectivity index (χ2n) is 13.3. The molecule has 0 radical (unpaired) electrons. The first-order chi connectivity index (χ1) is 23.6. The fourth-order valence-electron chi connectivity index (χ4n) is 6.22. The molecule has 0 aliphatic heterocycles. The van der Waals surface area contributed by atoms with E-state index in [9.17, 15) is 19.2 Å². The van der Waals surface area contributed by atoms with Crippen LogP contribution < -0.4 is 16.6 Å². The summed E-state index contributed by atoms with van der Waals surface area (Å²) in [6.07, 6.45) is 4.44. The quantitative estimate of drug-likeness (QED) is 0.0644. The van der Waals surface area contributed by atoms with Gasteiger partial charge in [0, 0.05) is 24.9 Å². The standard InChI is InChI=1S/C40H39N3O6/c1-40(2,3)38(47)49-25-43-37(46)28(23-42(39(43)48)24-34(45)41-21-6-4-5-7-22-44)18-17-26-19-20-33-31-15-9-12-27-11-8-14-30(35(27)31)32-16-10-13-29(26)36(32)33/h8-16,19-20,23,44H,4-7,21-22,24-25H2,1-3H3,(H,41,45). The van der Waals surface area contributed by atoms with Crippen LogP contribution in [0.25, 0.3) is 43.1 Å². The van der Waals surface area contributed by atoms with Gasteiger partial charge in [-0.3, -0.25) is 19.0 Å². The average Bonchev–Trinajstić information content (AvgIpc) is 3.08. The molecule has 0 atom stereocenters. The van der Waals surface area contributed by atoms with Crippen LogP contribution in [-0.4, -0.2) is 39.3 Å². The summed E-state index contributed by atoms with van der Waals surface area (Å²) in [6, 6.07) is 22.8. The van der Waals surface area contributed by atoms with Crippen molar-refractivity contribution in [2.24, 2.45) is 5.41 Å². The number of rotatable bonds is 10. The number of ether oxygens (including phenoxy) is 1. The lowest BCUT2D eigenvalue weighted by molar-refractivity contribution is -0.157. The van der Waals surface area contributed by atoms with E-state index in [-0.39, 0.29) is 18.7 Å². The van der Waals surface area contributed by atoms with Gasteiger partial charge in [0.25, 0.3) is 5.56 Å². The Morgan fingerprint density at radius 1 is 0.776 bits per heavy atom. The fraction of sp³-hybridized carbons (Fsp3) is 0.300. The van der Waals surface area contributed by atoms with Gasteiger partial charge >= 0.3 is 11.7 Å². The molecule has 1 heterocycles. The van der Waals surface area contributed by atoms with Gasteiger partial charge in [-0.15, -0.1) is 0 Å². The fourth-order valence-corrected chi connectivity index (χ4v) is 6.22. The minimum Gasteiger partial charge on any atom is -0.443 e. The Morgan fingerprint density at radius 2 is 1.39 bits per heavy atom. The van der Waals surface area contributed by atoms with E-state index in [2.05, 4.69) is 65.7 Å². The van der Waals surface area contributed by atoms with Crippen molar-refractivity contribution >= 4 is 55.0 Å². The summed E-state index contributed by atoms with van der Waals surface area (Å²) in [6.45, 7) is 4.61. The minimum absolute atomic E-state index is 0.0150. The number of benzene rings is 5. The first-order valence-electron chi connectivity index (χ1n) is 16.6. The van der Waals surface area contributed by atoms with Crippen molar-refractivity contribution < 1.29 is 19.4 Å². The van der Waals surface area contributed by atoms with Crippen molar-refractivity contribution in [3.8, 4) is 11.8 Å². The zero-order chi connectivity index (χ0) is 34.7. The Labute approximate surface area is 283 Å². The molecule has 0 unspecified atom stereocenters. The average molecular weight is 658 g/mol. The molecular formula is C40H39N3O6. The van der Waals surface area contributed by atoms with E-state index in [0.29, 0.717) is 18.5 Å². The first-order valence-corrected chi connectivity index (χ1v) is 16.6. The van der Waals surface area contributed by atoms with Gasteiger partial charge in [-0.2, -0.15) is 0 Å². The maximum Gasteiger partial charge on any atom is 0.334 e. The number of aliphatic hydroxyl groups is 1. The summed E-state index contributed by atoms with van der Waals surface area (Å²) in [5.41, 5.74) is -1.67. The smallest absolute Gasteiger partial charge is 0.334 e. The SMILES string of the molecule is CC(C)(C)C(=O)OCn1c(=O)c(C#Cc2ccc3c4cccc5cccc(c6cccc2c63)c54)cn(CC(=O)NCCCCCCO)c1=O. The molecular weight excluding hydrogens is 618 g/mol. The molecule has 0 saturated carbocycles. The zero-order valence-corrected chi connectivity index (χ0v) is 28.0. The van der Waals surface area contributed by atoms with Crippen LogP contribution in [0, 0.1) is 17.3 Å². The molecule has 0 bridgehead atoms. The molecule has 0 saturated heterocycles. The number of esters is 1. The number of amides is 1. The number of hydrogen-bond acceptors (Lipinski definition) is 6. The number of aromatic nitrogens is 2. The van der Waals surface area contributed by atoms with E-state index in [1.165, 1.54) is 17.0 Å². The molecule has 6 rings (SSSR count). The van der Waals surface area contributed by atoms with Crippen molar-refractivity contribution in [3.63, 3.8) is 0 Å². The van der Waals surface area contributed by atoms with Crippen molar-refractivity contribution in [2.45, 2.75) is 59.7 Å². The number of unbranched alkanes of at least 4 members (excludes halogenated alkanes) is 3. The Bertz CT molecular complexity index is 2340. The summed E-state index contributed by atoms with van der Waals surface area (Å²) >= 11 is 0. The number of fused-ring (bicyclic) bond motifs is 2. The van der Waals surface area contributed by atoms with Crippen molar-refractivity contribution in [1.29, 1.82) is 0 Å². The van der Waals surface area contributed by atoms with Crippen LogP contribution in [-0.2, 0) is 27.6 Å². The molecule has 1 amide bonds. The molecule has 6 aromatic rings. The number of aliphatic hydroxyl groups excluding tert-OH is 1. The van der Waals surface area contributed by atoms with E-state index >= 15 is 0 Å². The third-order valence-corrected chi connectivity index (χ3v) is 8.75. The van der Waals surface area contributed by atoms with Gasteiger partial charge in [0.1, 0.15) is 12.1 Å². The van der Waals surface area contributed by atoms with Crippen LogP contribution in [0.3, 0.4) is 0 Å². The topological polar surface area (TPSA) is 120 Å². The van der Waals surface area contributed by atoms with Crippen molar-refractivity contribution in [1.82, 2.24) is 14.5 Å². The lowest BCUT2D eigenvalue weighted by atomic mass is 9.88. The summed E-state index contributed by atoms with van der Waals surface area (Å²) in [5, 5.41) is 20.7. The largest absolute Gasteiger partial charge is 0.443 e. The van der Waals surface area contributed by atoms with Gasteiger partial charge in [0.05, 0.1) is 5.41 Å². The van der Waals surface area contributed by atoms with E-state index in [4.69, 9.17) is 9.84 Å². The molecule has 2 N–H and O–H groups in total. The molecule has 0 spiro atoms. The van der Waals surface area contributed by atoms with Crippen LogP contribution in [0.2, 0.25) is 0 Å². The van der Waals surface area contributed by atoms with E-state index < -0.39 is 35.3 Å². The third-order valence-electron chi connectivity index (χ3n) is 8.75. The minimum atomic E-state index is -0.849. The number of nitrogens with zero attached hydrogens (tertiary/aromatic N) is 2. The van der Waals surface area contributed by atoms with Gasteiger partial charge < -0.3 is 15.2 Å². The zero-order valence-electron chi connectivity index (χ0n) is 28.0. The number of carbonyl (C=O) groups is 2. The normalized spacial score (nSPS) is 11.7. The second kappa shape index (κ2) is 14.0. The highest BCUT2D eigenvalue weighted by molar-refractivity contribution is 6.33. The lowest BCUT2D eigenvalue weighted by Gasteiger charge is -2.17. The second-order valence-corrected chi connectivity index (χ2v) is 13.3. The Morgan fingerprint density at radius 3 is 2.08 bits per heavy atom. The number of hydrogen-bond donors (Lipinski definition) is 2. The van der Waals surface area contributed by atoms with Gasteiger partial charge in [0.2, 0.25) is 5.91 Å². The molecule has 0 aliphatic carbocycles. The maximum absolute atomic E-state index is 13.6. The molecule has 9 heteroatoms. The maximum atomic E-state index is 13.6. The van der Waals surface area contributed by atoms with Gasteiger partial charge in [0.15, 0.2) is 6.73 Å². The van der Waals surface area contributed by atoms with Gasteiger partial charge in [-0.25, -0.2) is 9.36 Å². The van der Waals surface area contributed by atoms with Crippen molar-refractivity contribution in [2.75, 3.05) is 13.2 Å². The van der Waals surface area contributed by atoms with Crippen LogP contribution >= 0.6 is 0 Å². The summed E-state index contributed by atoms with van der Waals surface area (Å²) < 4.78 is 7.26. The Kier molecular flexibility index (Phi) is 9.52. The molecule has 5 aromatic carbocycles. The molecule has 0 aliphatic rings. The Hall–Kier alpha value is -5.46. The molecule has 49 heavy (non-hydrogen) atoms. The van der Waals surface area contributed by atoms with Crippen LogP contribution in [0.4, 0.5) is 0 Å². The highest BCUT2D eigenvalue weighted by Crippen LogP contribution is 2.40. The summed E-state index contributed by atoms with van der Waals surface area (Å²) in [5.74, 6) is 5.15. The number of nitrogens with one attached hydrogen (secondary N) is 1. The summed E-state index contributed by atoms with van der Waals surface area (Å²) in [4.78, 5) is 52.4. The number of carbonyl (C=O) groups excluding carboxylic acids is 2. The lowest BCUT2D eigenvalue weighted by Crippen LogP contribution is -2.44. The van der Waals surface area contributed by atoms with E-state index in [1.54, 1.807) is 20.8 Å². The predicted octanol–water partition coefficient (Wildman–Crippen LogP) is 5.68. The van der Waals surface area contributed by atoms with E-state index in [0.717, 1.165) is 60.7 Å². The molecule has 9 nitrogen and oxygen atoms in total. The molecule has 1 aromatic heterocycles. The van der Waals surface area contributed by atoms with Crippen molar-refractivity contribution in [3.05, 3.63) is 105 Å². The molecule has 0 fully saturated rings. The predicted molar refractivity (Wildman–Crippen MR) is 193 cm³/mol. The van der Waals surface area contributed by atoms with E-state index in [1.807, 2.05) is 18.2 Å². The monoisotopic (exact) mass is 657 g/mol. The van der Waals surface area contributed by atoms with Crippen LogP contribution in [0.15, 0.2) is 82.5 Å². The van der Waals surface area contributed by atoms with Gasteiger partial charge in [-0.1, -0.05) is 85.3 Å². The highest BCUT2D eigenvalue weighted by atomic mass is 16.5.